The van der Waals surface area contributed by atoms with Crippen molar-refractivity contribution in [2.75, 3.05) is 6.61 Å². The molecule has 0 bridgehead atoms. The molecule has 1 amide bonds. The van der Waals surface area contributed by atoms with Crippen LogP contribution in [0, 0.1) is 0 Å². The third-order valence-corrected chi connectivity index (χ3v) is 8.48. The molecule has 0 saturated heterocycles. The van der Waals surface area contributed by atoms with Crippen molar-refractivity contribution < 1.29 is 19.4 Å². The second-order valence-electron chi connectivity index (χ2n) is 10.2. The minimum atomic E-state index is -0.254. The van der Waals surface area contributed by atoms with Crippen LogP contribution < -0.4 is 10.1 Å². The average Bonchev–Trinajstić information content (AvgIpc) is 3.53. The van der Waals surface area contributed by atoms with Crippen LogP contribution in [0.4, 0.5) is 0 Å². The van der Waals surface area contributed by atoms with E-state index in [-0.39, 0.29) is 30.4 Å². The number of Topliss-reactive ketones (excluding diaryl/α,β-unsaturated/α-hetero) is 1. The second-order valence-corrected chi connectivity index (χ2v) is 11.2. The van der Waals surface area contributed by atoms with Crippen LogP contribution >= 0.6 is 11.8 Å². The number of carbonyl (C=O) groups is 2. The third kappa shape index (κ3) is 7.07. The zero-order valence-electron chi connectivity index (χ0n) is 23.2. The van der Waals surface area contributed by atoms with Crippen molar-refractivity contribution in [3.8, 4) is 5.75 Å². The largest absolute Gasteiger partial charge is 0.484 e. The summed E-state index contributed by atoms with van der Waals surface area (Å²) in [6.45, 7) is 2.44. The summed E-state index contributed by atoms with van der Waals surface area (Å²) in [6.07, 6.45) is 8.15. The lowest BCUT2D eigenvalue weighted by Crippen LogP contribution is -2.36. The maximum absolute atomic E-state index is 12.8. The fraction of sp³-hybridized carbons (Fsp3) is 0.303. The summed E-state index contributed by atoms with van der Waals surface area (Å²) in [5.41, 5.74) is 4.53. The molecule has 1 aromatic heterocycles. The van der Waals surface area contributed by atoms with Gasteiger partial charge >= 0.3 is 0 Å². The van der Waals surface area contributed by atoms with E-state index in [2.05, 4.69) is 22.4 Å². The van der Waals surface area contributed by atoms with E-state index in [4.69, 9.17) is 4.74 Å². The van der Waals surface area contributed by atoms with Gasteiger partial charge in [-0.3, -0.25) is 9.59 Å². The number of aliphatic hydroxyl groups is 1. The van der Waals surface area contributed by atoms with Gasteiger partial charge in [0.2, 0.25) is 0 Å². The molecule has 41 heavy (non-hydrogen) atoms. The predicted octanol–water partition coefficient (Wildman–Crippen LogP) is 6.02. The highest BCUT2D eigenvalue weighted by Gasteiger charge is 2.25. The molecular weight excluding hydrogens is 534 g/mol. The van der Waals surface area contributed by atoms with Gasteiger partial charge in [-0.25, -0.2) is 4.98 Å². The van der Waals surface area contributed by atoms with Crippen LogP contribution in [0.2, 0.25) is 0 Å². The molecule has 0 fully saturated rings. The van der Waals surface area contributed by atoms with E-state index >= 15 is 0 Å². The summed E-state index contributed by atoms with van der Waals surface area (Å²) in [5, 5.41) is 12.3. The van der Waals surface area contributed by atoms with Gasteiger partial charge < -0.3 is 19.7 Å². The molecule has 0 aliphatic heterocycles. The van der Waals surface area contributed by atoms with Crippen molar-refractivity contribution in [2.24, 2.45) is 0 Å². The van der Waals surface area contributed by atoms with E-state index in [9.17, 15) is 14.7 Å². The maximum Gasteiger partial charge on any atom is 0.251 e. The predicted molar refractivity (Wildman–Crippen MR) is 160 cm³/mol. The number of aromatic nitrogens is 2. The molecule has 0 saturated carbocycles. The Hall–Kier alpha value is -3.88. The highest BCUT2D eigenvalue weighted by molar-refractivity contribution is 7.98. The number of fused-ring (bicyclic) bond motifs is 1. The molecule has 4 aromatic rings. The fourth-order valence-electron chi connectivity index (χ4n) is 5.07. The Bertz CT molecular complexity index is 1450. The van der Waals surface area contributed by atoms with Gasteiger partial charge in [0, 0.05) is 46.2 Å². The summed E-state index contributed by atoms with van der Waals surface area (Å²) >= 11 is 1.66. The van der Waals surface area contributed by atoms with Crippen LogP contribution in [-0.2, 0) is 18.7 Å². The SMILES string of the molecule is CC[C@H](CO)NC(=O)c1ccc(SCc2c(O[C@H](Cn3ccnc3)c3ccccc3)ccc3c2CCCC3=O)cc1. The van der Waals surface area contributed by atoms with Crippen LogP contribution in [0.25, 0.3) is 0 Å². The first-order valence-corrected chi connectivity index (χ1v) is 15.0. The van der Waals surface area contributed by atoms with E-state index in [1.165, 1.54) is 0 Å². The number of hydrogen-bond acceptors (Lipinski definition) is 6. The van der Waals surface area contributed by atoms with Crippen LogP contribution in [-0.4, -0.2) is 39.0 Å². The van der Waals surface area contributed by atoms with Crippen molar-refractivity contribution in [1.29, 1.82) is 0 Å². The smallest absolute Gasteiger partial charge is 0.251 e. The number of imidazole rings is 1. The van der Waals surface area contributed by atoms with E-state index in [0.29, 0.717) is 30.7 Å². The number of ketones is 1. The highest BCUT2D eigenvalue weighted by atomic mass is 32.2. The molecule has 3 aromatic carbocycles. The molecule has 1 heterocycles. The number of benzene rings is 3. The van der Waals surface area contributed by atoms with E-state index in [1.807, 2.05) is 60.2 Å². The number of thioether (sulfide) groups is 1. The first kappa shape index (κ1) is 28.6. The van der Waals surface area contributed by atoms with Crippen LogP contribution in [0.3, 0.4) is 0 Å². The normalized spacial score (nSPS) is 14.2. The van der Waals surface area contributed by atoms with Gasteiger partial charge in [-0.2, -0.15) is 0 Å². The number of hydrogen-bond donors (Lipinski definition) is 2. The van der Waals surface area contributed by atoms with Crippen LogP contribution in [0.1, 0.15) is 69.7 Å². The highest BCUT2D eigenvalue weighted by Crippen LogP contribution is 2.38. The Labute approximate surface area is 245 Å². The summed E-state index contributed by atoms with van der Waals surface area (Å²) in [4.78, 5) is 30.5. The van der Waals surface area contributed by atoms with Crippen molar-refractivity contribution in [1.82, 2.24) is 14.9 Å². The van der Waals surface area contributed by atoms with Gasteiger partial charge in [-0.05, 0) is 66.8 Å². The summed E-state index contributed by atoms with van der Waals surface area (Å²) in [5.74, 6) is 1.40. The molecule has 2 N–H and O–H groups in total. The Kier molecular flexibility index (Phi) is 9.54. The Morgan fingerprint density at radius 3 is 2.61 bits per heavy atom. The van der Waals surface area contributed by atoms with Gasteiger partial charge in [-0.15, -0.1) is 11.8 Å². The zero-order valence-corrected chi connectivity index (χ0v) is 24.0. The van der Waals surface area contributed by atoms with Crippen molar-refractivity contribution >= 4 is 23.5 Å². The fourth-order valence-corrected chi connectivity index (χ4v) is 6.02. The van der Waals surface area contributed by atoms with Gasteiger partial charge in [0.1, 0.15) is 11.9 Å². The molecule has 5 rings (SSSR count). The minimum Gasteiger partial charge on any atom is -0.484 e. The molecule has 8 heteroatoms. The number of aliphatic hydroxyl groups excluding tert-OH is 1. The summed E-state index contributed by atoms with van der Waals surface area (Å²) < 4.78 is 8.77. The minimum absolute atomic E-state index is 0.0854. The quantitative estimate of drug-likeness (QED) is 0.203. The average molecular weight is 570 g/mol. The Morgan fingerprint density at radius 1 is 1.10 bits per heavy atom. The van der Waals surface area contributed by atoms with Crippen molar-refractivity contribution in [3.63, 3.8) is 0 Å². The first-order valence-electron chi connectivity index (χ1n) is 14.1. The number of nitrogens with one attached hydrogen (secondary N) is 1. The molecule has 1 aliphatic carbocycles. The molecule has 1 aliphatic rings. The number of carbonyl (C=O) groups excluding carboxylic acids is 2. The van der Waals surface area contributed by atoms with E-state index in [1.54, 1.807) is 36.4 Å². The van der Waals surface area contributed by atoms with Crippen molar-refractivity contribution in [3.05, 3.63) is 113 Å². The van der Waals surface area contributed by atoms with Crippen LogP contribution in [0.5, 0.6) is 5.75 Å². The molecule has 0 radical (unpaired) electrons. The second kappa shape index (κ2) is 13.7. The standard InChI is InChI=1S/C33H35N3O4S/c1-2-25(20-37)35-33(39)24-11-13-26(14-12-24)41-21-29-27-9-6-10-30(38)28(27)15-16-31(29)40-32(19-36-18-17-34-22-36)23-7-4-3-5-8-23/h3-5,7-8,11-18,22,25,32,37H,2,6,9-10,19-21H2,1H3,(H,35,39)/t25-,32-/m1/s1. The monoisotopic (exact) mass is 569 g/mol. The molecular formula is C33H35N3O4S. The maximum atomic E-state index is 12.8. The van der Waals surface area contributed by atoms with Gasteiger partial charge in [-0.1, -0.05) is 37.3 Å². The Morgan fingerprint density at radius 2 is 1.90 bits per heavy atom. The topological polar surface area (TPSA) is 93.4 Å². The molecule has 212 valence electrons. The van der Waals surface area contributed by atoms with Gasteiger partial charge in [0.15, 0.2) is 5.78 Å². The first-order chi connectivity index (χ1) is 20.1. The summed E-state index contributed by atoms with van der Waals surface area (Å²) in [6, 6.07) is 21.2. The molecule has 0 unspecified atom stereocenters. The lowest BCUT2D eigenvalue weighted by Gasteiger charge is -2.25. The molecule has 7 nitrogen and oxygen atoms in total. The van der Waals surface area contributed by atoms with Gasteiger partial charge in [0.05, 0.1) is 25.5 Å². The van der Waals surface area contributed by atoms with Crippen LogP contribution in [0.15, 0.2) is 90.3 Å². The number of rotatable bonds is 12. The number of amides is 1. The molecule has 2 atom stereocenters. The number of nitrogens with zero attached hydrogens (tertiary/aromatic N) is 2. The lowest BCUT2D eigenvalue weighted by molar-refractivity contribution is 0.0914. The Balaban J connectivity index is 1.39. The third-order valence-electron chi connectivity index (χ3n) is 7.44. The molecule has 0 spiro atoms. The van der Waals surface area contributed by atoms with E-state index < -0.39 is 0 Å². The zero-order chi connectivity index (χ0) is 28.6. The van der Waals surface area contributed by atoms with Gasteiger partial charge in [0.25, 0.3) is 5.91 Å². The lowest BCUT2D eigenvalue weighted by atomic mass is 9.87. The number of ether oxygens (including phenoxy) is 1. The van der Waals surface area contributed by atoms with Crippen molar-refractivity contribution in [2.45, 2.75) is 61.9 Å². The summed E-state index contributed by atoms with van der Waals surface area (Å²) in [7, 11) is 0. The van der Waals surface area contributed by atoms with E-state index in [0.717, 1.165) is 45.7 Å².